The first-order valence-corrected chi connectivity index (χ1v) is 5.50. The maximum Gasteiger partial charge on any atom is 0.170 e. The average Bonchev–Trinajstić information content (AvgIpc) is 2.38. The van der Waals surface area contributed by atoms with E-state index in [-0.39, 0.29) is 6.07 Å². The van der Waals surface area contributed by atoms with Crippen LogP contribution in [0.1, 0.15) is 15.9 Å². The molecule has 6 heteroatoms. The van der Waals surface area contributed by atoms with E-state index in [9.17, 15) is 26.7 Å². The number of halogens is 5. The van der Waals surface area contributed by atoms with E-state index in [1.165, 1.54) is 0 Å². The zero-order valence-corrected chi connectivity index (χ0v) is 9.89. The fourth-order valence-corrected chi connectivity index (χ4v) is 1.69. The lowest BCUT2D eigenvalue weighted by Crippen LogP contribution is -2.10. The van der Waals surface area contributed by atoms with E-state index in [2.05, 4.69) is 0 Å². The lowest BCUT2D eigenvalue weighted by Gasteiger charge is -2.06. The highest BCUT2D eigenvalue weighted by Crippen LogP contribution is 2.19. The Morgan fingerprint density at radius 3 is 1.95 bits per heavy atom. The number of carbonyl (C=O) groups is 1. The topological polar surface area (TPSA) is 17.1 Å². The normalized spacial score (nSPS) is 10.7. The molecule has 0 fully saturated rings. The highest BCUT2D eigenvalue weighted by Gasteiger charge is 2.19. The van der Waals surface area contributed by atoms with Gasteiger partial charge in [-0.2, -0.15) is 0 Å². The molecule has 20 heavy (non-hydrogen) atoms. The minimum absolute atomic E-state index is 0.209. The third-order valence-electron chi connectivity index (χ3n) is 2.71. The van der Waals surface area contributed by atoms with Crippen LogP contribution >= 0.6 is 0 Å². The van der Waals surface area contributed by atoms with E-state index < -0.39 is 52.4 Å². The summed E-state index contributed by atoms with van der Waals surface area (Å²) in [7, 11) is 0. The Morgan fingerprint density at radius 1 is 0.800 bits per heavy atom. The first kappa shape index (κ1) is 14.2. The average molecular weight is 286 g/mol. The van der Waals surface area contributed by atoms with Crippen molar-refractivity contribution in [3.63, 3.8) is 0 Å². The molecule has 0 aliphatic heterocycles. The second-order valence-corrected chi connectivity index (χ2v) is 4.05. The van der Waals surface area contributed by atoms with Gasteiger partial charge in [-0.1, -0.05) is 6.07 Å². The number of hydrogen-bond donors (Lipinski definition) is 0. The van der Waals surface area contributed by atoms with Gasteiger partial charge in [0.05, 0.1) is 5.56 Å². The first-order valence-electron chi connectivity index (χ1n) is 5.50. The quantitative estimate of drug-likeness (QED) is 0.476. The molecule has 104 valence electrons. The van der Waals surface area contributed by atoms with Gasteiger partial charge in [0, 0.05) is 18.1 Å². The van der Waals surface area contributed by atoms with Crippen molar-refractivity contribution in [3.05, 3.63) is 70.5 Å². The highest BCUT2D eigenvalue weighted by molar-refractivity contribution is 5.97. The summed E-state index contributed by atoms with van der Waals surface area (Å²) in [6, 6.07) is 3.56. The van der Waals surface area contributed by atoms with Crippen molar-refractivity contribution in [2.75, 3.05) is 0 Å². The predicted octanol–water partition coefficient (Wildman–Crippen LogP) is 3.81. The SMILES string of the molecule is O=C(Cc1c(F)cccc1F)c1cc(F)c(F)cc1F. The third kappa shape index (κ3) is 2.68. The molecule has 0 bridgehead atoms. The Balaban J connectivity index is 2.36. The fraction of sp³-hybridized carbons (Fsp3) is 0.0714. The molecule has 0 unspecified atom stereocenters. The molecule has 0 spiro atoms. The van der Waals surface area contributed by atoms with Crippen LogP contribution < -0.4 is 0 Å². The molecule has 0 saturated heterocycles. The Kier molecular flexibility index (Phi) is 3.83. The highest BCUT2D eigenvalue weighted by atomic mass is 19.2. The molecule has 1 nitrogen and oxygen atoms in total. The second-order valence-electron chi connectivity index (χ2n) is 4.05. The Labute approximate surface area is 110 Å². The zero-order chi connectivity index (χ0) is 14.9. The van der Waals surface area contributed by atoms with Gasteiger partial charge in [0.15, 0.2) is 17.4 Å². The van der Waals surface area contributed by atoms with Crippen LogP contribution in [0.3, 0.4) is 0 Å². The van der Waals surface area contributed by atoms with Crippen molar-refractivity contribution < 1.29 is 26.7 Å². The van der Waals surface area contributed by atoms with Crippen LogP contribution in [-0.4, -0.2) is 5.78 Å². The van der Waals surface area contributed by atoms with Gasteiger partial charge in [-0.3, -0.25) is 4.79 Å². The van der Waals surface area contributed by atoms with Crippen LogP contribution in [0.25, 0.3) is 0 Å². The van der Waals surface area contributed by atoms with Crippen LogP contribution in [0.5, 0.6) is 0 Å². The van der Waals surface area contributed by atoms with Gasteiger partial charge in [0.1, 0.15) is 17.5 Å². The van der Waals surface area contributed by atoms with Crippen molar-refractivity contribution in [1.29, 1.82) is 0 Å². The Bertz CT molecular complexity index is 661. The summed E-state index contributed by atoms with van der Waals surface area (Å²) in [5.74, 6) is -7.14. The summed E-state index contributed by atoms with van der Waals surface area (Å²) in [5, 5.41) is 0. The number of rotatable bonds is 3. The van der Waals surface area contributed by atoms with Gasteiger partial charge >= 0.3 is 0 Å². The number of hydrogen-bond acceptors (Lipinski definition) is 1. The molecular formula is C14H7F5O. The molecule has 0 N–H and O–H groups in total. The van der Waals surface area contributed by atoms with E-state index in [4.69, 9.17) is 0 Å². The van der Waals surface area contributed by atoms with Crippen LogP contribution in [-0.2, 0) is 6.42 Å². The van der Waals surface area contributed by atoms with Gasteiger partial charge in [0.25, 0.3) is 0 Å². The van der Waals surface area contributed by atoms with Crippen molar-refractivity contribution in [2.24, 2.45) is 0 Å². The molecule has 2 rings (SSSR count). The number of Topliss-reactive ketones (excluding diaryl/α,β-unsaturated/α-hetero) is 1. The standard InChI is InChI=1S/C14H7F5O/c15-9-2-1-3-10(16)7(9)5-14(20)8-4-12(18)13(19)6-11(8)17/h1-4,6H,5H2. The summed E-state index contributed by atoms with van der Waals surface area (Å²) < 4.78 is 65.8. The fourth-order valence-electron chi connectivity index (χ4n) is 1.69. The summed E-state index contributed by atoms with van der Waals surface area (Å²) in [4.78, 5) is 11.7. The van der Waals surface area contributed by atoms with Crippen LogP contribution in [0, 0.1) is 29.1 Å². The summed E-state index contributed by atoms with van der Waals surface area (Å²) >= 11 is 0. The number of benzene rings is 2. The first-order chi connectivity index (χ1) is 9.40. The molecule has 0 aromatic heterocycles. The van der Waals surface area contributed by atoms with E-state index in [0.717, 1.165) is 18.2 Å². The summed E-state index contributed by atoms with van der Waals surface area (Å²) in [6.45, 7) is 0. The minimum Gasteiger partial charge on any atom is -0.294 e. The monoisotopic (exact) mass is 286 g/mol. The lowest BCUT2D eigenvalue weighted by atomic mass is 10.0. The third-order valence-corrected chi connectivity index (χ3v) is 2.71. The van der Waals surface area contributed by atoms with Crippen LogP contribution in [0.15, 0.2) is 30.3 Å². The molecule has 2 aromatic carbocycles. The molecule has 0 aliphatic carbocycles. The van der Waals surface area contributed by atoms with Crippen molar-refractivity contribution in [1.82, 2.24) is 0 Å². The lowest BCUT2D eigenvalue weighted by molar-refractivity contribution is 0.0986. The van der Waals surface area contributed by atoms with Gasteiger partial charge < -0.3 is 0 Å². The molecule has 0 aliphatic rings. The van der Waals surface area contributed by atoms with Crippen molar-refractivity contribution in [3.8, 4) is 0 Å². The smallest absolute Gasteiger partial charge is 0.170 e. The Hall–Kier alpha value is -2.24. The molecular weight excluding hydrogens is 279 g/mol. The molecule has 0 heterocycles. The Morgan fingerprint density at radius 2 is 1.35 bits per heavy atom. The summed E-state index contributed by atoms with van der Waals surface area (Å²) in [5.41, 5.74) is -1.31. The van der Waals surface area contributed by atoms with Crippen LogP contribution in [0.2, 0.25) is 0 Å². The van der Waals surface area contributed by atoms with E-state index in [1.54, 1.807) is 0 Å². The van der Waals surface area contributed by atoms with Gasteiger partial charge in [-0.05, 0) is 18.2 Å². The molecule has 0 atom stereocenters. The minimum atomic E-state index is -1.45. The van der Waals surface area contributed by atoms with Crippen molar-refractivity contribution in [2.45, 2.75) is 6.42 Å². The van der Waals surface area contributed by atoms with E-state index in [0.29, 0.717) is 6.07 Å². The van der Waals surface area contributed by atoms with Gasteiger partial charge in [-0.25, -0.2) is 22.0 Å². The molecule has 2 aromatic rings. The largest absolute Gasteiger partial charge is 0.294 e. The molecule has 0 amide bonds. The number of carbonyl (C=O) groups excluding carboxylic acids is 1. The van der Waals surface area contributed by atoms with Crippen LogP contribution in [0.4, 0.5) is 22.0 Å². The predicted molar refractivity (Wildman–Crippen MR) is 60.7 cm³/mol. The van der Waals surface area contributed by atoms with Gasteiger partial charge in [-0.15, -0.1) is 0 Å². The van der Waals surface area contributed by atoms with E-state index >= 15 is 0 Å². The second kappa shape index (κ2) is 5.40. The summed E-state index contributed by atoms with van der Waals surface area (Å²) in [6.07, 6.45) is -0.791. The van der Waals surface area contributed by atoms with Gasteiger partial charge in [0.2, 0.25) is 0 Å². The maximum atomic E-state index is 13.4. The van der Waals surface area contributed by atoms with E-state index in [1.807, 2.05) is 0 Å². The maximum absolute atomic E-state index is 13.4. The zero-order valence-electron chi connectivity index (χ0n) is 9.89. The molecule has 0 radical (unpaired) electrons. The molecule has 0 saturated carbocycles. The van der Waals surface area contributed by atoms with Crippen molar-refractivity contribution >= 4 is 5.78 Å². The number of ketones is 1.